The second kappa shape index (κ2) is 7.30. The molecule has 0 N–H and O–H groups in total. The Hall–Kier alpha value is -2.66. The number of sulfone groups is 1. The predicted molar refractivity (Wildman–Crippen MR) is 101 cm³/mol. The highest BCUT2D eigenvalue weighted by atomic mass is 32.2. The summed E-state index contributed by atoms with van der Waals surface area (Å²) in [7, 11) is -3.87. The Morgan fingerprint density at radius 2 is 1.65 bits per heavy atom. The minimum absolute atomic E-state index is 0.221. The Morgan fingerprint density at radius 3 is 2.35 bits per heavy atom. The maximum atomic E-state index is 13.4. The van der Waals surface area contributed by atoms with E-state index in [1.165, 1.54) is 18.3 Å². The summed E-state index contributed by atoms with van der Waals surface area (Å²) < 4.78 is 27.2. The average Bonchev–Trinajstić information content (AvgIpc) is 2.63. The average molecular weight is 367 g/mol. The normalized spacial score (nSPS) is 12.7. The van der Waals surface area contributed by atoms with Gasteiger partial charge in [-0.25, -0.2) is 8.42 Å². The van der Waals surface area contributed by atoms with E-state index in [-0.39, 0.29) is 5.03 Å². The van der Waals surface area contributed by atoms with Crippen LogP contribution in [0.1, 0.15) is 27.5 Å². The van der Waals surface area contributed by atoms with Crippen LogP contribution in [0.3, 0.4) is 0 Å². The third-order valence-electron chi connectivity index (χ3n) is 4.50. The Bertz CT molecular complexity index is 1010. The summed E-state index contributed by atoms with van der Waals surface area (Å²) in [6, 6.07) is 19.7. The van der Waals surface area contributed by atoms with Crippen LogP contribution in [0.15, 0.2) is 78.0 Å². The van der Waals surface area contributed by atoms with Crippen LogP contribution in [-0.2, 0) is 16.3 Å². The molecule has 4 nitrogen and oxygen atoms in total. The first kappa shape index (κ1) is 18.1. The van der Waals surface area contributed by atoms with Crippen LogP contribution in [-0.4, -0.2) is 8.42 Å². The predicted octanol–water partition coefficient (Wildman–Crippen LogP) is 3.69. The molecule has 26 heavy (non-hydrogen) atoms. The number of hydrogen-bond donors (Lipinski definition) is 0. The molecule has 1 aromatic heterocycles. The topological polar surface area (TPSA) is 61.1 Å². The molecule has 5 heteroatoms. The van der Waals surface area contributed by atoms with E-state index in [1.54, 1.807) is 6.07 Å². The van der Waals surface area contributed by atoms with Crippen molar-refractivity contribution in [3.05, 3.63) is 100 Å². The van der Waals surface area contributed by atoms with Crippen LogP contribution >= 0.6 is 0 Å². The van der Waals surface area contributed by atoms with Gasteiger partial charge in [0.25, 0.3) is 0 Å². The van der Waals surface area contributed by atoms with Gasteiger partial charge in [-0.15, -0.1) is 0 Å². The number of rotatable bonds is 5. The number of benzene rings is 2. The first-order chi connectivity index (χ1) is 12.4. The summed E-state index contributed by atoms with van der Waals surface area (Å²) in [5, 5.41) is 11.1. The van der Waals surface area contributed by atoms with Gasteiger partial charge in [0.1, 0.15) is 5.25 Å². The molecule has 134 valence electrons. The summed E-state index contributed by atoms with van der Waals surface area (Å²) in [6.07, 6.45) is 1.53. The summed E-state index contributed by atoms with van der Waals surface area (Å²) in [4.78, 5) is 0. The second-order valence-electron chi connectivity index (χ2n) is 6.45. The molecule has 0 fully saturated rings. The molecule has 0 aliphatic rings. The van der Waals surface area contributed by atoms with Crippen molar-refractivity contribution in [3.63, 3.8) is 0 Å². The van der Waals surface area contributed by atoms with Crippen molar-refractivity contribution in [1.29, 1.82) is 0 Å². The van der Waals surface area contributed by atoms with Gasteiger partial charge in [-0.1, -0.05) is 54.1 Å². The van der Waals surface area contributed by atoms with Gasteiger partial charge in [0.05, 0.1) is 0 Å². The Balaban J connectivity index is 2.17. The summed E-state index contributed by atoms with van der Waals surface area (Å²) >= 11 is 0. The molecule has 0 spiro atoms. The standard InChI is InChI=1S/C21H21NO3S/c1-16-11-12-17(2)19(14-16)20(15-18-8-4-3-5-9-18)26(24,25)21-10-6-7-13-22(21)23/h3-14,20H,15H2,1-2H3. The van der Waals surface area contributed by atoms with E-state index in [9.17, 15) is 13.6 Å². The molecule has 1 unspecified atom stereocenters. The lowest BCUT2D eigenvalue weighted by atomic mass is 9.98. The van der Waals surface area contributed by atoms with Gasteiger partial charge in [0, 0.05) is 12.1 Å². The number of aromatic nitrogens is 1. The zero-order valence-corrected chi connectivity index (χ0v) is 15.6. The highest BCUT2D eigenvalue weighted by Crippen LogP contribution is 2.33. The van der Waals surface area contributed by atoms with E-state index in [1.807, 2.05) is 62.4 Å². The number of nitrogens with zero attached hydrogens (tertiary/aromatic N) is 1. The molecule has 2 aromatic carbocycles. The highest BCUT2D eigenvalue weighted by molar-refractivity contribution is 7.91. The first-order valence-electron chi connectivity index (χ1n) is 8.43. The third-order valence-corrected chi connectivity index (χ3v) is 6.57. The molecule has 3 aromatic rings. The molecule has 1 heterocycles. The smallest absolute Gasteiger partial charge is 0.309 e. The minimum Gasteiger partial charge on any atom is -0.618 e. The van der Waals surface area contributed by atoms with Gasteiger partial charge in [-0.3, -0.25) is 0 Å². The van der Waals surface area contributed by atoms with Gasteiger partial charge in [-0.2, -0.15) is 4.73 Å². The van der Waals surface area contributed by atoms with Crippen molar-refractivity contribution in [2.75, 3.05) is 0 Å². The van der Waals surface area contributed by atoms with Crippen molar-refractivity contribution >= 4 is 9.84 Å². The van der Waals surface area contributed by atoms with Gasteiger partial charge in [0.15, 0.2) is 6.20 Å². The van der Waals surface area contributed by atoms with Gasteiger partial charge < -0.3 is 5.21 Å². The second-order valence-corrected chi connectivity index (χ2v) is 8.53. The molecule has 3 rings (SSSR count). The molecule has 0 saturated carbocycles. The molecule has 0 saturated heterocycles. The van der Waals surface area contributed by atoms with Crippen LogP contribution in [0.5, 0.6) is 0 Å². The quantitative estimate of drug-likeness (QED) is 0.510. The van der Waals surface area contributed by atoms with Gasteiger partial charge in [-0.05, 0) is 43.0 Å². The fraction of sp³-hybridized carbons (Fsp3) is 0.190. The summed E-state index contributed by atoms with van der Waals surface area (Å²) in [5.41, 5.74) is 3.53. The van der Waals surface area contributed by atoms with E-state index in [2.05, 4.69) is 0 Å². The summed E-state index contributed by atoms with van der Waals surface area (Å²) in [5.74, 6) is 0. The molecule has 0 bridgehead atoms. The minimum atomic E-state index is -3.87. The monoisotopic (exact) mass is 367 g/mol. The third kappa shape index (κ3) is 3.63. The van der Waals surface area contributed by atoms with Gasteiger partial charge >= 0.3 is 5.03 Å². The molecule has 1 atom stereocenters. The molecule has 0 radical (unpaired) electrons. The fourth-order valence-corrected chi connectivity index (χ4v) is 4.97. The highest BCUT2D eigenvalue weighted by Gasteiger charge is 2.35. The zero-order valence-electron chi connectivity index (χ0n) is 14.8. The Morgan fingerprint density at radius 1 is 0.962 bits per heavy atom. The van der Waals surface area contributed by atoms with Crippen LogP contribution in [0.25, 0.3) is 0 Å². The SMILES string of the molecule is Cc1ccc(C)c(C(Cc2ccccc2)S(=O)(=O)c2cccc[n+]2[O-])c1. The van der Waals surface area contributed by atoms with E-state index < -0.39 is 15.1 Å². The van der Waals surface area contributed by atoms with Crippen molar-refractivity contribution in [3.8, 4) is 0 Å². The number of hydrogen-bond acceptors (Lipinski definition) is 3. The van der Waals surface area contributed by atoms with E-state index in [0.29, 0.717) is 11.2 Å². The largest absolute Gasteiger partial charge is 0.618 e. The van der Waals surface area contributed by atoms with E-state index in [4.69, 9.17) is 0 Å². The Kier molecular flexibility index (Phi) is 5.09. The van der Waals surface area contributed by atoms with Crippen molar-refractivity contribution in [2.24, 2.45) is 0 Å². The molecular weight excluding hydrogens is 346 g/mol. The van der Waals surface area contributed by atoms with Crippen LogP contribution in [0.2, 0.25) is 0 Å². The Labute approximate surface area is 154 Å². The number of pyridine rings is 1. The maximum Gasteiger partial charge on any atom is 0.309 e. The van der Waals surface area contributed by atoms with Crippen molar-refractivity contribution in [2.45, 2.75) is 30.5 Å². The zero-order chi connectivity index (χ0) is 18.7. The van der Waals surface area contributed by atoms with Crippen LogP contribution in [0.4, 0.5) is 0 Å². The molecule has 0 aliphatic carbocycles. The van der Waals surface area contributed by atoms with Crippen molar-refractivity contribution < 1.29 is 13.1 Å². The maximum absolute atomic E-state index is 13.4. The fourth-order valence-electron chi connectivity index (χ4n) is 3.10. The van der Waals surface area contributed by atoms with Crippen LogP contribution in [0, 0.1) is 19.1 Å². The van der Waals surface area contributed by atoms with E-state index >= 15 is 0 Å². The van der Waals surface area contributed by atoms with Crippen LogP contribution < -0.4 is 4.73 Å². The first-order valence-corrected chi connectivity index (χ1v) is 9.97. The number of aryl methyl sites for hydroxylation is 2. The molecule has 0 amide bonds. The lowest BCUT2D eigenvalue weighted by molar-refractivity contribution is -0.646. The molecule has 0 aliphatic heterocycles. The summed E-state index contributed by atoms with van der Waals surface area (Å²) in [6.45, 7) is 3.84. The van der Waals surface area contributed by atoms with Crippen molar-refractivity contribution in [1.82, 2.24) is 0 Å². The van der Waals surface area contributed by atoms with Gasteiger partial charge in [0.2, 0.25) is 9.84 Å². The van der Waals surface area contributed by atoms with E-state index in [0.717, 1.165) is 22.3 Å². The lowest BCUT2D eigenvalue weighted by Gasteiger charge is -2.20. The molecular formula is C21H21NO3S. The lowest BCUT2D eigenvalue weighted by Crippen LogP contribution is -2.35.